The Balaban J connectivity index is 1.21. The van der Waals surface area contributed by atoms with Crippen molar-refractivity contribution in [3.63, 3.8) is 0 Å². The number of amides is 2. The third-order valence-electron chi connectivity index (χ3n) is 7.86. The van der Waals surface area contributed by atoms with Gasteiger partial charge < -0.3 is 15.6 Å². The van der Waals surface area contributed by atoms with Crippen molar-refractivity contribution in [1.29, 1.82) is 0 Å². The quantitative estimate of drug-likeness (QED) is 0.385. The molecule has 1 saturated carbocycles. The van der Waals surface area contributed by atoms with Gasteiger partial charge in [0.15, 0.2) is 0 Å². The molecular weight excluding hydrogens is 467 g/mol. The standard InChI is InChI=1S/C30H25FN4O2/c31-23-9-7-18(12-22(23)28(36)33-15-17-4-2-1-3-5-17)24-13-21-19(16-32-24)6-8-20-26-25(34-27(20)21)14-30(10-11-30)35-29(26)37/h1-5,7,9,12-13,16,34H,6,8,10-11,14-15H2,(H,33,36)(H,35,37). The topological polar surface area (TPSA) is 86.9 Å². The normalized spacial score (nSPS) is 16.4. The van der Waals surface area contributed by atoms with Crippen LogP contribution in [0, 0.1) is 5.82 Å². The largest absolute Gasteiger partial charge is 0.357 e. The summed E-state index contributed by atoms with van der Waals surface area (Å²) in [5.74, 6) is -1.02. The van der Waals surface area contributed by atoms with Crippen molar-refractivity contribution in [1.82, 2.24) is 20.6 Å². The van der Waals surface area contributed by atoms with Gasteiger partial charge in [-0.05, 0) is 66.6 Å². The SMILES string of the molecule is O=C(NCc1ccccc1)c1cc(-c2cc3c(cn2)CCc2c-3[nH]c3c2C(=O)NC2(CC2)C3)ccc1F. The number of carbonyl (C=O) groups is 2. The van der Waals surface area contributed by atoms with Crippen LogP contribution in [0.4, 0.5) is 4.39 Å². The van der Waals surface area contributed by atoms with E-state index in [1.54, 1.807) is 12.1 Å². The second-order valence-corrected chi connectivity index (χ2v) is 10.3. The summed E-state index contributed by atoms with van der Waals surface area (Å²) in [6.45, 7) is 0.315. The Kier molecular flexibility index (Phi) is 4.83. The molecule has 2 aromatic heterocycles. The predicted molar refractivity (Wildman–Crippen MR) is 138 cm³/mol. The van der Waals surface area contributed by atoms with E-state index in [1.165, 1.54) is 6.07 Å². The first-order chi connectivity index (χ1) is 18.0. The number of benzene rings is 2. The molecule has 3 aliphatic rings. The highest BCUT2D eigenvalue weighted by Gasteiger charge is 2.49. The first-order valence-electron chi connectivity index (χ1n) is 12.7. The fourth-order valence-electron chi connectivity index (χ4n) is 5.69. The molecular formula is C30H25FN4O2. The Bertz CT molecular complexity index is 1590. The van der Waals surface area contributed by atoms with Gasteiger partial charge in [0.05, 0.1) is 22.5 Å². The minimum absolute atomic E-state index is 0.0182. The fraction of sp³-hybridized carbons (Fsp3) is 0.233. The maximum Gasteiger partial charge on any atom is 0.254 e. The van der Waals surface area contributed by atoms with Crippen LogP contribution in [0.25, 0.3) is 22.5 Å². The molecule has 0 bridgehead atoms. The number of aromatic nitrogens is 2. The van der Waals surface area contributed by atoms with E-state index in [0.717, 1.165) is 71.3 Å². The molecule has 0 radical (unpaired) electrons. The molecule has 1 spiro atoms. The van der Waals surface area contributed by atoms with E-state index in [-0.39, 0.29) is 17.0 Å². The van der Waals surface area contributed by atoms with E-state index < -0.39 is 11.7 Å². The third-order valence-corrected chi connectivity index (χ3v) is 7.86. The van der Waals surface area contributed by atoms with E-state index in [0.29, 0.717) is 17.8 Å². The molecule has 2 aliphatic carbocycles. The molecule has 2 aromatic carbocycles. The minimum Gasteiger partial charge on any atom is -0.357 e. The summed E-state index contributed by atoms with van der Waals surface area (Å²) in [5, 5.41) is 6.02. The zero-order valence-electron chi connectivity index (χ0n) is 20.2. The lowest BCUT2D eigenvalue weighted by molar-refractivity contribution is 0.0915. The van der Waals surface area contributed by atoms with Gasteiger partial charge in [0.2, 0.25) is 0 Å². The number of pyridine rings is 1. The molecule has 0 unspecified atom stereocenters. The highest BCUT2D eigenvalue weighted by molar-refractivity contribution is 6.01. The average molecular weight is 493 g/mol. The van der Waals surface area contributed by atoms with Crippen LogP contribution in [0.15, 0.2) is 60.8 Å². The Morgan fingerprint density at radius 3 is 2.73 bits per heavy atom. The second kappa shape index (κ2) is 8.13. The van der Waals surface area contributed by atoms with Gasteiger partial charge in [-0.3, -0.25) is 14.6 Å². The van der Waals surface area contributed by atoms with E-state index in [9.17, 15) is 14.0 Å². The lowest BCUT2D eigenvalue weighted by Crippen LogP contribution is -2.43. The summed E-state index contributed by atoms with van der Waals surface area (Å²) in [5.41, 5.74) is 8.16. The van der Waals surface area contributed by atoms with Gasteiger partial charge in [-0.15, -0.1) is 0 Å². The van der Waals surface area contributed by atoms with Gasteiger partial charge in [-0.1, -0.05) is 30.3 Å². The molecule has 7 heteroatoms. The number of halogens is 1. The molecule has 2 amide bonds. The van der Waals surface area contributed by atoms with E-state index in [4.69, 9.17) is 0 Å². The Morgan fingerprint density at radius 1 is 1.08 bits per heavy atom. The van der Waals surface area contributed by atoms with Gasteiger partial charge in [-0.2, -0.15) is 0 Å². The van der Waals surface area contributed by atoms with Crippen LogP contribution in [0.1, 0.15) is 55.9 Å². The Morgan fingerprint density at radius 2 is 1.92 bits per heavy atom. The van der Waals surface area contributed by atoms with Gasteiger partial charge in [-0.25, -0.2) is 4.39 Å². The number of nitrogens with zero attached hydrogens (tertiary/aromatic N) is 1. The minimum atomic E-state index is -0.577. The molecule has 7 rings (SSSR count). The summed E-state index contributed by atoms with van der Waals surface area (Å²) >= 11 is 0. The lowest BCUT2D eigenvalue weighted by atomic mass is 9.87. The number of aromatic amines is 1. The van der Waals surface area contributed by atoms with E-state index in [1.807, 2.05) is 42.6 Å². The van der Waals surface area contributed by atoms with Crippen LogP contribution >= 0.6 is 0 Å². The number of nitrogens with one attached hydrogen (secondary N) is 3. The summed E-state index contributed by atoms with van der Waals surface area (Å²) in [6.07, 6.45) is 6.34. The van der Waals surface area contributed by atoms with Crippen LogP contribution in [0.5, 0.6) is 0 Å². The Hall–Kier alpha value is -4.26. The van der Waals surface area contributed by atoms with Crippen LogP contribution in [0.2, 0.25) is 0 Å². The van der Waals surface area contributed by atoms with Crippen molar-refractivity contribution in [3.05, 3.63) is 100 Å². The Labute approximate surface area is 213 Å². The molecule has 6 nitrogen and oxygen atoms in total. The summed E-state index contributed by atoms with van der Waals surface area (Å²) in [6, 6.07) is 16.0. The van der Waals surface area contributed by atoms with Crippen molar-refractivity contribution in [2.45, 2.75) is 44.2 Å². The third kappa shape index (κ3) is 3.73. The van der Waals surface area contributed by atoms with Crippen molar-refractivity contribution >= 4 is 11.8 Å². The molecule has 1 fully saturated rings. The first kappa shape index (κ1) is 22.0. The van der Waals surface area contributed by atoms with Crippen LogP contribution < -0.4 is 10.6 Å². The van der Waals surface area contributed by atoms with E-state index >= 15 is 0 Å². The van der Waals surface area contributed by atoms with Gasteiger partial charge in [0.25, 0.3) is 11.8 Å². The molecule has 4 aromatic rings. The smallest absolute Gasteiger partial charge is 0.254 e. The van der Waals surface area contributed by atoms with Crippen molar-refractivity contribution in [3.8, 4) is 22.5 Å². The lowest BCUT2D eigenvalue weighted by Gasteiger charge is -2.24. The highest BCUT2D eigenvalue weighted by Crippen LogP contribution is 2.45. The van der Waals surface area contributed by atoms with Gasteiger partial charge >= 0.3 is 0 Å². The van der Waals surface area contributed by atoms with Gasteiger partial charge in [0, 0.05) is 41.5 Å². The second-order valence-electron chi connectivity index (χ2n) is 10.3. The molecule has 37 heavy (non-hydrogen) atoms. The zero-order valence-corrected chi connectivity index (χ0v) is 20.2. The number of hydrogen-bond donors (Lipinski definition) is 3. The molecule has 3 heterocycles. The summed E-state index contributed by atoms with van der Waals surface area (Å²) in [7, 11) is 0. The van der Waals surface area contributed by atoms with Crippen molar-refractivity contribution < 1.29 is 14.0 Å². The first-order valence-corrected chi connectivity index (χ1v) is 12.7. The number of H-pyrrole nitrogens is 1. The predicted octanol–water partition coefficient (Wildman–Crippen LogP) is 4.73. The number of hydrogen-bond acceptors (Lipinski definition) is 3. The van der Waals surface area contributed by atoms with Crippen LogP contribution in [0.3, 0.4) is 0 Å². The highest BCUT2D eigenvalue weighted by atomic mass is 19.1. The molecule has 0 saturated heterocycles. The number of aryl methyl sites for hydroxylation is 1. The van der Waals surface area contributed by atoms with Crippen LogP contribution in [-0.4, -0.2) is 27.3 Å². The summed E-state index contributed by atoms with van der Waals surface area (Å²) < 4.78 is 14.6. The van der Waals surface area contributed by atoms with E-state index in [2.05, 4.69) is 20.6 Å². The van der Waals surface area contributed by atoms with Crippen LogP contribution in [-0.2, 0) is 25.8 Å². The molecule has 0 atom stereocenters. The zero-order chi connectivity index (χ0) is 25.1. The monoisotopic (exact) mass is 492 g/mol. The number of fused-ring (bicyclic) bond motifs is 5. The van der Waals surface area contributed by atoms with Crippen molar-refractivity contribution in [2.75, 3.05) is 0 Å². The fourth-order valence-corrected chi connectivity index (χ4v) is 5.69. The molecule has 1 aliphatic heterocycles. The maximum atomic E-state index is 14.6. The van der Waals surface area contributed by atoms with Gasteiger partial charge in [0.1, 0.15) is 5.82 Å². The molecule has 184 valence electrons. The average Bonchev–Trinajstić information content (AvgIpc) is 3.53. The number of rotatable bonds is 4. The summed E-state index contributed by atoms with van der Waals surface area (Å²) in [4.78, 5) is 34.0. The maximum absolute atomic E-state index is 14.6. The molecule has 3 N–H and O–H groups in total. The van der Waals surface area contributed by atoms with Crippen molar-refractivity contribution in [2.24, 2.45) is 0 Å². The number of carbonyl (C=O) groups excluding carboxylic acids is 2.